The topological polar surface area (TPSA) is 23.5 Å². The second-order valence-electron chi connectivity index (χ2n) is 7.87. The molecule has 1 N–H and O–H groups in total. The van der Waals surface area contributed by atoms with E-state index in [1.165, 1.54) is 49.8 Å². The van der Waals surface area contributed by atoms with Crippen molar-refractivity contribution < 1.29 is 5.11 Å². The van der Waals surface area contributed by atoms with Gasteiger partial charge in [0.25, 0.3) is 0 Å². The second kappa shape index (κ2) is 9.66. The molecule has 0 heterocycles. The summed E-state index contributed by atoms with van der Waals surface area (Å²) in [7, 11) is 0. The summed E-state index contributed by atoms with van der Waals surface area (Å²) in [6.07, 6.45) is 9.33. The van der Waals surface area contributed by atoms with E-state index < -0.39 is 0 Å². The zero-order valence-corrected chi connectivity index (χ0v) is 16.1. The highest BCUT2D eigenvalue weighted by molar-refractivity contribution is 5.49. The van der Waals surface area contributed by atoms with E-state index in [1.54, 1.807) is 0 Å². The molecule has 0 aromatic heterocycles. The lowest BCUT2D eigenvalue weighted by atomic mass is 9.80. The van der Waals surface area contributed by atoms with Crippen molar-refractivity contribution in [1.29, 1.82) is 0 Å². The molecule has 1 fully saturated rings. The van der Waals surface area contributed by atoms with Gasteiger partial charge in [0.2, 0.25) is 0 Å². The van der Waals surface area contributed by atoms with Gasteiger partial charge >= 0.3 is 0 Å². The number of phenolic OH excluding ortho intramolecular Hbond substituents is 1. The lowest BCUT2D eigenvalue weighted by Gasteiger charge is -2.34. The van der Waals surface area contributed by atoms with Gasteiger partial charge in [-0.1, -0.05) is 62.9 Å². The van der Waals surface area contributed by atoms with Crippen molar-refractivity contribution in [3.63, 3.8) is 0 Å². The van der Waals surface area contributed by atoms with Gasteiger partial charge in [0.15, 0.2) is 0 Å². The van der Waals surface area contributed by atoms with Crippen LogP contribution in [0, 0.1) is 11.8 Å². The summed E-state index contributed by atoms with van der Waals surface area (Å²) in [4.78, 5) is 2.53. The van der Waals surface area contributed by atoms with Gasteiger partial charge in [-0.2, -0.15) is 0 Å². The first-order valence-electron chi connectivity index (χ1n) is 10.3. The fourth-order valence-electron chi connectivity index (χ4n) is 4.32. The molecule has 0 aliphatic heterocycles. The molecule has 26 heavy (non-hydrogen) atoms. The minimum atomic E-state index is 0.344. The SMILES string of the molecule is CCCC1CCC(CN(CCc2ccccc2)c2ccc(O)cc2)CC1. The third-order valence-electron chi connectivity index (χ3n) is 5.87. The van der Waals surface area contributed by atoms with Gasteiger partial charge in [0.1, 0.15) is 5.75 Å². The maximum absolute atomic E-state index is 9.63. The zero-order valence-electron chi connectivity index (χ0n) is 16.1. The largest absolute Gasteiger partial charge is 0.508 e. The molecule has 3 rings (SSSR count). The van der Waals surface area contributed by atoms with Crippen LogP contribution in [0.1, 0.15) is 51.0 Å². The quantitative estimate of drug-likeness (QED) is 0.626. The van der Waals surface area contributed by atoms with Gasteiger partial charge in [0.05, 0.1) is 0 Å². The molecule has 0 radical (unpaired) electrons. The second-order valence-corrected chi connectivity index (χ2v) is 7.87. The van der Waals surface area contributed by atoms with E-state index >= 15 is 0 Å². The minimum absolute atomic E-state index is 0.344. The van der Waals surface area contributed by atoms with Crippen LogP contribution in [0.5, 0.6) is 5.75 Å². The van der Waals surface area contributed by atoms with Crippen LogP contribution in [0.2, 0.25) is 0 Å². The molecule has 0 amide bonds. The average Bonchev–Trinajstić information content (AvgIpc) is 2.68. The normalized spacial score (nSPS) is 20.0. The maximum Gasteiger partial charge on any atom is 0.115 e. The molecular formula is C24H33NO. The van der Waals surface area contributed by atoms with E-state index in [4.69, 9.17) is 0 Å². The summed E-state index contributed by atoms with van der Waals surface area (Å²) < 4.78 is 0. The molecule has 0 spiro atoms. The predicted molar refractivity (Wildman–Crippen MR) is 111 cm³/mol. The number of rotatable bonds is 8. The number of hydrogen-bond donors (Lipinski definition) is 1. The van der Waals surface area contributed by atoms with Crippen molar-refractivity contribution in [2.75, 3.05) is 18.0 Å². The molecule has 2 aromatic carbocycles. The van der Waals surface area contributed by atoms with Crippen molar-refractivity contribution in [3.05, 3.63) is 60.2 Å². The van der Waals surface area contributed by atoms with E-state index in [1.807, 2.05) is 12.1 Å². The standard InChI is InChI=1S/C24H33NO/c1-2-6-20-9-11-22(12-10-20)19-25(23-13-15-24(26)16-14-23)18-17-21-7-4-3-5-8-21/h3-5,7-8,13-16,20,22,26H,2,6,9-12,17-19H2,1H3. The van der Waals surface area contributed by atoms with Crippen molar-refractivity contribution in [1.82, 2.24) is 0 Å². The minimum Gasteiger partial charge on any atom is -0.508 e. The molecular weight excluding hydrogens is 318 g/mol. The van der Waals surface area contributed by atoms with Gasteiger partial charge in [-0.15, -0.1) is 0 Å². The number of anilines is 1. The number of benzene rings is 2. The Balaban J connectivity index is 1.62. The third-order valence-corrected chi connectivity index (χ3v) is 5.87. The molecule has 0 bridgehead atoms. The summed E-state index contributed by atoms with van der Waals surface area (Å²) in [5.41, 5.74) is 2.62. The zero-order chi connectivity index (χ0) is 18.2. The van der Waals surface area contributed by atoms with Crippen LogP contribution >= 0.6 is 0 Å². The van der Waals surface area contributed by atoms with Crippen molar-refractivity contribution >= 4 is 5.69 Å². The first-order valence-corrected chi connectivity index (χ1v) is 10.3. The molecule has 1 saturated carbocycles. The van der Waals surface area contributed by atoms with Crippen LogP contribution in [0.3, 0.4) is 0 Å². The van der Waals surface area contributed by atoms with Gasteiger partial charge < -0.3 is 10.0 Å². The van der Waals surface area contributed by atoms with Crippen LogP contribution in [-0.2, 0) is 6.42 Å². The van der Waals surface area contributed by atoms with Crippen molar-refractivity contribution in [2.24, 2.45) is 11.8 Å². The number of phenols is 1. The lowest BCUT2D eigenvalue weighted by Crippen LogP contribution is -2.33. The Morgan fingerprint density at radius 3 is 2.19 bits per heavy atom. The van der Waals surface area contributed by atoms with Gasteiger partial charge in [-0.25, -0.2) is 0 Å². The molecule has 2 aromatic rings. The van der Waals surface area contributed by atoms with Gasteiger partial charge in [0, 0.05) is 18.8 Å². The fraction of sp³-hybridized carbons (Fsp3) is 0.500. The Labute approximate surface area is 158 Å². The molecule has 1 aliphatic rings. The molecule has 0 atom stereocenters. The highest BCUT2D eigenvalue weighted by Gasteiger charge is 2.22. The van der Waals surface area contributed by atoms with Crippen LogP contribution in [0.25, 0.3) is 0 Å². The molecule has 0 unspecified atom stereocenters. The van der Waals surface area contributed by atoms with E-state index in [0.29, 0.717) is 5.75 Å². The lowest BCUT2D eigenvalue weighted by molar-refractivity contribution is 0.263. The maximum atomic E-state index is 9.63. The Hall–Kier alpha value is -1.96. The van der Waals surface area contributed by atoms with E-state index in [2.05, 4.69) is 54.3 Å². The third kappa shape index (κ3) is 5.52. The van der Waals surface area contributed by atoms with E-state index in [9.17, 15) is 5.11 Å². The van der Waals surface area contributed by atoms with Gasteiger partial charge in [-0.05, 0) is 60.9 Å². The smallest absolute Gasteiger partial charge is 0.115 e. The molecule has 0 saturated heterocycles. The van der Waals surface area contributed by atoms with Crippen LogP contribution in [0.4, 0.5) is 5.69 Å². The number of nitrogens with zero attached hydrogens (tertiary/aromatic N) is 1. The summed E-state index contributed by atoms with van der Waals surface area (Å²) in [5, 5.41) is 9.63. The summed E-state index contributed by atoms with van der Waals surface area (Å²) in [6.45, 7) is 4.47. The molecule has 2 heteroatoms. The van der Waals surface area contributed by atoms with E-state index in [-0.39, 0.29) is 0 Å². The first-order chi connectivity index (χ1) is 12.7. The van der Waals surface area contributed by atoms with Gasteiger partial charge in [-0.3, -0.25) is 0 Å². The summed E-state index contributed by atoms with van der Waals surface area (Å²) in [6, 6.07) is 18.5. The number of hydrogen-bond acceptors (Lipinski definition) is 2. The predicted octanol–water partition coefficient (Wildman–Crippen LogP) is 6.05. The fourth-order valence-corrected chi connectivity index (χ4v) is 4.32. The Kier molecular flexibility index (Phi) is 6.99. The molecule has 2 nitrogen and oxygen atoms in total. The van der Waals surface area contributed by atoms with Crippen LogP contribution in [0.15, 0.2) is 54.6 Å². The van der Waals surface area contributed by atoms with Crippen molar-refractivity contribution in [3.8, 4) is 5.75 Å². The Morgan fingerprint density at radius 2 is 1.54 bits per heavy atom. The molecule has 140 valence electrons. The Morgan fingerprint density at radius 1 is 0.885 bits per heavy atom. The summed E-state index contributed by atoms with van der Waals surface area (Å²) >= 11 is 0. The first kappa shape index (κ1) is 18.8. The van der Waals surface area contributed by atoms with Crippen LogP contribution in [-0.4, -0.2) is 18.2 Å². The molecule has 1 aliphatic carbocycles. The highest BCUT2D eigenvalue weighted by atomic mass is 16.3. The highest BCUT2D eigenvalue weighted by Crippen LogP contribution is 2.33. The Bertz CT molecular complexity index is 629. The monoisotopic (exact) mass is 351 g/mol. The van der Waals surface area contributed by atoms with E-state index in [0.717, 1.165) is 31.3 Å². The van der Waals surface area contributed by atoms with Crippen molar-refractivity contribution in [2.45, 2.75) is 51.9 Å². The average molecular weight is 352 g/mol. The number of aromatic hydroxyl groups is 1. The van der Waals surface area contributed by atoms with Crippen LogP contribution < -0.4 is 4.90 Å². The summed E-state index contributed by atoms with van der Waals surface area (Å²) in [5.74, 6) is 2.10.